The summed E-state index contributed by atoms with van der Waals surface area (Å²) in [7, 11) is 1.72. The molecule has 3 N–H and O–H groups in total. The van der Waals surface area contributed by atoms with E-state index in [-0.39, 0.29) is 11.9 Å². The molecule has 0 aliphatic heterocycles. The zero-order chi connectivity index (χ0) is 19.5. The Bertz CT molecular complexity index is 759. The molecule has 6 nitrogen and oxygen atoms in total. The predicted octanol–water partition coefficient (Wildman–Crippen LogP) is 2.69. The molecule has 0 unspecified atom stereocenters. The van der Waals surface area contributed by atoms with E-state index in [0.29, 0.717) is 25.5 Å². The second kappa shape index (κ2) is 11.1. The number of ether oxygens (including phenoxy) is 1. The molecule has 0 heterocycles. The van der Waals surface area contributed by atoms with Gasteiger partial charge in [-0.2, -0.15) is 0 Å². The van der Waals surface area contributed by atoms with Gasteiger partial charge in [0, 0.05) is 32.6 Å². The average Bonchev–Trinajstić information content (AvgIpc) is 2.65. The van der Waals surface area contributed by atoms with Gasteiger partial charge in [-0.05, 0) is 43.2 Å². The van der Waals surface area contributed by atoms with Crippen molar-refractivity contribution >= 4 is 22.6 Å². The lowest BCUT2D eigenvalue weighted by molar-refractivity contribution is -0.121. The van der Waals surface area contributed by atoms with Crippen molar-refractivity contribution in [2.24, 2.45) is 4.99 Å². The van der Waals surface area contributed by atoms with Crippen LogP contribution in [0.3, 0.4) is 0 Å². The van der Waals surface area contributed by atoms with Gasteiger partial charge in [0.1, 0.15) is 5.75 Å². The van der Waals surface area contributed by atoms with Crippen molar-refractivity contribution in [3.8, 4) is 5.75 Å². The number of nitrogens with one attached hydrogen (secondary N) is 3. The Kier molecular flexibility index (Phi) is 8.42. The minimum absolute atomic E-state index is 0.0386. The first kappa shape index (κ1) is 20.6. The summed E-state index contributed by atoms with van der Waals surface area (Å²) in [6, 6.07) is 14.5. The van der Waals surface area contributed by atoms with Gasteiger partial charge in [-0.15, -0.1) is 0 Å². The number of guanidine groups is 1. The number of benzene rings is 2. The molecule has 0 radical (unpaired) electrons. The van der Waals surface area contributed by atoms with Crippen LogP contribution in [0.15, 0.2) is 47.5 Å². The maximum atomic E-state index is 11.6. The van der Waals surface area contributed by atoms with Crippen molar-refractivity contribution in [1.29, 1.82) is 0 Å². The SMILES string of the molecule is CN=C(NCCCOc1ccc2ccccc2c1)NCCC(=O)NC(C)C. The van der Waals surface area contributed by atoms with Gasteiger partial charge < -0.3 is 20.7 Å². The highest BCUT2D eigenvalue weighted by atomic mass is 16.5. The van der Waals surface area contributed by atoms with Crippen LogP contribution in [0.4, 0.5) is 0 Å². The summed E-state index contributed by atoms with van der Waals surface area (Å²) in [5.41, 5.74) is 0. The molecule has 0 bridgehead atoms. The number of amides is 1. The van der Waals surface area contributed by atoms with E-state index in [9.17, 15) is 4.79 Å². The highest BCUT2D eigenvalue weighted by Crippen LogP contribution is 2.20. The van der Waals surface area contributed by atoms with Crippen LogP contribution >= 0.6 is 0 Å². The topological polar surface area (TPSA) is 74.8 Å². The lowest BCUT2D eigenvalue weighted by Gasteiger charge is -2.13. The van der Waals surface area contributed by atoms with Gasteiger partial charge in [-0.3, -0.25) is 9.79 Å². The summed E-state index contributed by atoms with van der Waals surface area (Å²) in [5, 5.41) is 11.6. The molecular weight excluding hydrogens is 340 g/mol. The summed E-state index contributed by atoms with van der Waals surface area (Å²) in [5.74, 6) is 1.61. The normalized spacial score (nSPS) is 11.5. The highest BCUT2D eigenvalue weighted by molar-refractivity contribution is 5.83. The maximum Gasteiger partial charge on any atom is 0.221 e. The van der Waals surface area contributed by atoms with Crippen LogP contribution in [-0.2, 0) is 4.79 Å². The molecule has 0 fully saturated rings. The zero-order valence-corrected chi connectivity index (χ0v) is 16.4. The van der Waals surface area contributed by atoms with Crippen molar-refractivity contribution in [2.75, 3.05) is 26.7 Å². The lowest BCUT2D eigenvalue weighted by atomic mass is 10.1. The number of fused-ring (bicyclic) bond motifs is 1. The fourth-order valence-electron chi connectivity index (χ4n) is 2.64. The van der Waals surface area contributed by atoms with Crippen LogP contribution in [0.1, 0.15) is 26.7 Å². The molecule has 0 aliphatic rings. The molecule has 0 saturated heterocycles. The van der Waals surface area contributed by atoms with Crippen LogP contribution < -0.4 is 20.7 Å². The van der Waals surface area contributed by atoms with E-state index in [0.717, 1.165) is 18.7 Å². The van der Waals surface area contributed by atoms with Gasteiger partial charge in [0.2, 0.25) is 5.91 Å². The van der Waals surface area contributed by atoms with Crippen molar-refractivity contribution in [3.05, 3.63) is 42.5 Å². The monoisotopic (exact) mass is 370 g/mol. The Labute approximate surface area is 161 Å². The number of nitrogens with zero attached hydrogens (tertiary/aromatic N) is 1. The minimum Gasteiger partial charge on any atom is -0.494 e. The largest absolute Gasteiger partial charge is 0.494 e. The third-order valence-electron chi connectivity index (χ3n) is 3.92. The van der Waals surface area contributed by atoms with Crippen LogP contribution in [-0.4, -0.2) is 44.7 Å². The second-order valence-electron chi connectivity index (χ2n) is 6.61. The first-order valence-electron chi connectivity index (χ1n) is 9.44. The third-order valence-corrected chi connectivity index (χ3v) is 3.92. The fourth-order valence-corrected chi connectivity index (χ4v) is 2.64. The standard InChI is InChI=1S/C21H30N4O2/c1-16(2)25-20(26)11-13-24-21(22-3)23-12-6-14-27-19-10-9-17-7-4-5-8-18(17)15-19/h4-5,7-10,15-16H,6,11-14H2,1-3H3,(H,25,26)(H2,22,23,24). The number of carbonyl (C=O) groups excluding carboxylic acids is 1. The summed E-state index contributed by atoms with van der Waals surface area (Å²) in [6.07, 6.45) is 1.27. The molecule has 2 aromatic rings. The maximum absolute atomic E-state index is 11.6. The van der Waals surface area contributed by atoms with E-state index in [4.69, 9.17) is 4.74 Å². The van der Waals surface area contributed by atoms with Gasteiger partial charge in [0.25, 0.3) is 0 Å². The molecule has 0 aromatic heterocycles. The summed E-state index contributed by atoms with van der Waals surface area (Å²) >= 11 is 0. The van der Waals surface area contributed by atoms with Gasteiger partial charge in [-0.1, -0.05) is 30.3 Å². The summed E-state index contributed by atoms with van der Waals surface area (Å²) in [6.45, 7) is 5.81. The van der Waals surface area contributed by atoms with Gasteiger partial charge >= 0.3 is 0 Å². The van der Waals surface area contributed by atoms with Crippen molar-refractivity contribution < 1.29 is 9.53 Å². The van der Waals surface area contributed by atoms with Crippen molar-refractivity contribution in [1.82, 2.24) is 16.0 Å². The van der Waals surface area contributed by atoms with Crippen LogP contribution in [0.5, 0.6) is 5.75 Å². The number of rotatable bonds is 9. The van der Waals surface area contributed by atoms with Gasteiger partial charge in [-0.25, -0.2) is 0 Å². The summed E-state index contributed by atoms with van der Waals surface area (Å²) < 4.78 is 5.83. The van der Waals surface area contributed by atoms with E-state index < -0.39 is 0 Å². The fraction of sp³-hybridized carbons (Fsp3) is 0.429. The number of hydrogen-bond donors (Lipinski definition) is 3. The molecule has 0 spiro atoms. The van der Waals surface area contributed by atoms with E-state index in [1.807, 2.05) is 32.0 Å². The highest BCUT2D eigenvalue weighted by Gasteiger charge is 2.04. The molecule has 27 heavy (non-hydrogen) atoms. The first-order chi connectivity index (χ1) is 13.1. The van der Waals surface area contributed by atoms with Gasteiger partial charge in [0.15, 0.2) is 5.96 Å². The molecular formula is C21H30N4O2. The lowest BCUT2D eigenvalue weighted by Crippen LogP contribution is -2.40. The Morgan fingerprint density at radius 1 is 1.07 bits per heavy atom. The van der Waals surface area contributed by atoms with Crippen LogP contribution in [0.2, 0.25) is 0 Å². The minimum atomic E-state index is 0.0386. The number of hydrogen-bond acceptors (Lipinski definition) is 3. The molecule has 0 aliphatic carbocycles. The summed E-state index contributed by atoms with van der Waals surface area (Å²) in [4.78, 5) is 15.8. The smallest absolute Gasteiger partial charge is 0.221 e. The predicted molar refractivity (Wildman–Crippen MR) is 111 cm³/mol. The molecule has 2 rings (SSSR count). The molecule has 0 atom stereocenters. The molecule has 6 heteroatoms. The quantitative estimate of drug-likeness (QED) is 0.360. The molecule has 0 saturated carbocycles. The van der Waals surface area contributed by atoms with E-state index in [1.165, 1.54) is 10.8 Å². The average molecular weight is 370 g/mol. The van der Waals surface area contributed by atoms with Crippen LogP contribution in [0, 0.1) is 0 Å². The Morgan fingerprint density at radius 3 is 2.56 bits per heavy atom. The number of carbonyl (C=O) groups is 1. The van der Waals surface area contributed by atoms with Crippen molar-refractivity contribution in [3.63, 3.8) is 0 Å². The van der Waals surface area contributed by atoms with E-state index in [2.05, 4.69) is 45.2 Å². The number of aliphatic imine (C=N–C) groups is 1. The third kappa shape index (κ3) is 7.56. The molecule has 1 amide bonds. The van der Waals surface area contributed by atoms with E-state index >= 15 is 0 Å². The first-order valence-corrected chi connectivity index (χ1v) is 9.44. The molecule has 146 valence electrons. The zero-order valence-electron chi connectivity index (χ0n) is 16.4. The van der Waals surface area contributed by atoms with Crippen LogP contribution in [0.25, 0.3) is 10.8 Å². The Hall–Kier alpha value is -2.76. The van der Waals surface area contributed by atoms with Gasteiger partial charge in [0.05, 0.1) is 6.61 Å². The van der Waals surface area contributed by atoms with Crippen molar-refractivity contribution in [2.45, 2.75) is 32.7 Å². The Balaban J connectivity index is 1.62. The second-order valence-corrected chi connectivity index (χ2v) is 6.61. The molecule has 2 aromatic carbocycles. The van der Waals surface area contributed by atoms with E-state index in [1.54, 1.807) is 7.05 Å². The Morgan fingerprint density at radius 2 is 1.81 bits per heavy atom.